The van der Waals surface area contributed by atoms with Crippen LogP contribution >= 0.6 is 0 Å². The Morgan fingerprint density at radius 1 is 1.03 bits per heavy atom. The summed E-state index contributed by atoms with van der Waals surface area (Å²) in [6, 6.07) is 13.5. The minimum atomic E-state index is -0.0304. The average molecular weight is 448 g/mol. The highest BCUT2D eigenvalue weighted by Gasteiger charge is 2.24. The molecule has 0 bridgehead atoms. The number of furan rings is 1. The van der Waals surface area contributed by atoms with E-state index >= 15 is 0 Å². The number of nitrogens with zero attached hydrogens (tertiary/aromatic N) is 3. The number of hydrogen-bond acceptors (Lipinski definition) is 5. The highest BCUT2D eigenvalue weighted by atomic mass is 16.5. The van der Waals surface area contributed by atoms with E-state index in [0.717, 1.165) is 40.8 Å². The molecule has 2 atom stereocenters. The van der Waals surface area contributed by atoms with Gasteiger partial charge >= 0.3 is 0 Å². The molecule has 174 valence electrons. The second kappa shape index (κ2) is 9.65. The van der Waals surface area contributed by atoms with Crippen molar-refractivity contribution in [3.05, 3.63) is 54.0 Å². The van der Waals surface area contributed by atoms with Crippen molar-refractivity contribution < 1.29 is 13.9 Å². The monoisotopic (exact) mass is 447 g/mol. The van der Waals surface area contributed by atoms with Crippen molar-refractivity contribution in [2.75, 3.05) is 32.8 Å². The fourth-order valence-electron chi connectivity index (χ4n) is 5.18. The number of benzene rings is 1. The van der Waals surface area contributed by atoms with Crippen molar-refractivity contribution in [3.8, 4) is 11.1 Å². The normalized spacial score (nSPS) is 22.1. The van der Waals surface area contributed by atoms with E-state index in [1.54, 1.807) is 11.1 Å². The van der Waals surface area contributed by atoms with Crippen LogP contribution in [0.1, 0.15) is 49.4 Å². The number of pyridine rings is 1. The summed E-state index contributed by atoms with van der Waals surface area (Å²) in [6.07, 6.45) is 6.63. The van der Waals surface area contributed by atoms with E-state index in [0.29, 0.717) is 44.1 Å². The lowest BCUT2D eigenvalue weighted by Crippen LogP contribution is -2.44. The molecule has 0 N–H and O–H groups in total. The maximum atomic E-state index is 12.6. The summed E-state index contributed by atoms with van der Waals surface area (Å²) in [5.41, 5.74) is 3.47. The molecular formula is C27H33N3O3. The fraction of sp³-hybridized carbons (Fsp3) is 0.481. The molecule has 2 fully saturated rings. The van der Waals surface area contributed by atoms with Gasteiger partial charge in [-0.3, -0.25) is 14.7 Å². The Kier molecular flexibility index (Phi) is 6.47. The molecule has 6 heteroatoms. The lowest BCUT2D eigenvalue weighted by Gasteiger charge is -2.38. The van der Waals surface area contributed by atoms with Crippen molar-refractivity contribution in [1.82, 2.24) is 14.8 Å². The van der Waals surface area contributed by atoms with Gasteiger partial charge in [-0.05, 0) is 56.5 Å². The molecule has 33 heavy (non-hydrogen) atoms. The zero-order valence-corrected chi connectivity index (χ0v) is 19.6. The van der Waals surface area contributed by atoms with Crippen molar-refractivity contribution in [2.45, 2.75) is 51.6 Å². The van der Waals surface area contributed by atoms with Crippen molar-refractivity contribution >= 4 is 16.9 Å². The zero-order chi connectivity index (χ0) is 22.8. The first kappa shape index (κ1) is 22.1. The molecule has 4 heterocycles. The van der Waals surface area contributed by atoms with Crippen LogP contribution in [0, 0.1) is 0 Å². The molecule has 2 aliphatic rings. The number of carbonyl (C=O) groups excluding carboxylic acids is 1. The van der Waals surface area contributed by atoms with Gasteiger partial charge in [0.25, 0.3) is 5.91 Å². The second-order valence-corrected chi connectivity index (χ2v) is 9.42. The Labute approximate surface area is 195 Å². The first-order valence-electron chi connectivity index (χ1n) is 12.2. The topological polar surface area (TPSA) is 58.8 Å². The van der Waals surface area contributed by atoms with Crippen LogP contribution in [0.4, 0.5) is 0 Å². The number of morpholine rings is 1. The Hall–Kier alpha value is -2.70. The molecule has 0 saturated carbocycles. The van der Waals surface area contributed by atoms with Crippen LogP contribution in [0.25, 0.3) is 22.1 Å². The van der Waals surface area contributed by atoms with E-state index in [9.17, 15) is 4.79 Å². The van der Waals surface area contributed by atoms with Crippen LogP contribution in [0.2, 0.25) is 0 Å². The molecule has 2 aliphatic heterocycles. The van der Waals surface area contributed by atoms with E-state index in [4.69, 9.17) is 9.15 Å². The van der Waals surface area contributed by atoms with E-state index in [1.165, 1.54) is 19.3 Å². The number of amides is 1. The SMILES string of the molecule is C[C@@H]1CCC[C@H](C)N1CCc1cc2cc(-c3ccc(C(=O)N4CCOCC4)nc3)ccc2o1. The summed E-state index contributed by atoms with van der Waals surface area (Å²) < 4.78 is 11.5. The number of likely N-dealkylation sites (tertiary alicyclic amines) is 1. The average Bonchev–Trinajstić information content (AvgIpc) is 3.26. The lowest BCUT2D eigenvalue weighted by molar-refractivity contribution is 0.0299. The number of ether oxygens (including phenoxy) is 1. The largest absolute Gasteiger partial charge is 0.461 e. The molecule has 0 unspecified atom stereocenters. The molecular weight excluding hydrogens is 414 g/mol. The van der Waals surface area contributed by atoms with E-state index in [2.05, 4.69) is 41.9 Å². The Morgan fingerprint density at radius 3 is 2.52 bits per heavy atom. The van der Waals surface area contributed by atoms with E-state index in [-0.39, 0.29) is 5.91 Å². The third-order valence-corrected chi connectivity index (χ3v) is 7.17. The molecule has 1 amide bonds. The maximum Gasteiger partial charge on any atom is 0.272 e. The standard InChI is InChI=1S/C27H33N3O3/c1-19-4-3-5-20(2)30(19)11-10-24-17-23-16-21(7-9-26(23)33-24)22-6-8-25(28-18-22)27(31)29-12-14-32-15-13-29/h6-9,16-20H,3-5,10-15H2,1-2H3/t19-,20+. The smallest absolute Gasteiger partial charge is 0.272 e. The van der Waals surface area contributed by atoms with Gasteiger partial charge in [-0.15, -0.1) is 0 Å². The van der Waals surface area contributed by atoms with Crippen LogP contribution in [-0.4, -0.2) is 65.6 Å². The summed E-state index contributed by atoms with van der Waals surface area (Å²) in [6.45, 7) is 8.15. The number of rotatable bonds is 5. The third-order valence-electron chi connectivity index (χ3n) is 7.17. The molecule has 0 aliphatic carbocycles. The Bertz CT molecular complexity index is 1090. The Balaban J connectivity index is 1.28. The van der Waals surface area contributed by atoms with Crippen LogP contribution in [0.5, 0.6) is 0 Å². The van der Waals surface area contributed by atoms with E-state index < -0.39 is 0 Å². The first-order valence-corrected chi connectivity index (χ1v) is 12.2. The van der Waals surface area contributed by atoms with Gasteiger partial charge in [-0.1, -0.05) is 18.6 Å². The molecule has 1 aromatic carbocycles. The van der Waals surface area contributed by atoms with Gasteiger partial charge in [0, 0.05) is 55.3 Å². The van der Waals surface area contributed by atoms with Gasteiger partial charge in [0.1, 0.15) is 17.0 Å². The number of piperidine rings is 1. The summed E-state index contributed by atoms with van der Waals surface area (Å²) in [7, 11) is 0. The highest BCUT2D eigenvalue weighted by Crippen LogP contribution is 2.28. The van der Waals surface area contributed by atoms with Crippen molar-refractivity contribution in [2.24, 2.45) is 0 Å². The predicted octanol–water partition coefficient (Wildman–Crippen LogP) is 4.77. The Morgan fingerprint density at radius 2 is 1.79 bits per heavy atom. The van der Waals surface area contributed by atoms with Gasteiger partial charge in [0.05, 0.1) is 13.2 Å². The molecule has 2 aromatic heterocycles. The van der Waals surface area contributed by atoms with Crippen LogP contribution in [-0.2, 0) is 11.2 Å². The fourth-order valence-corrected chi connectivity index (χ4v) is 5.18. The van der Waals surface area contributed by atoms with Gasteiger partial charge in [-0.25, -0.2) is 0 Å². The molecule has 0 radical (unpaired) electrons. The molecule has 0 spiro atoms. The second-order valence-electron chi connectivity index (χ2n) is 9.42. The van der Waals surface area contributed by atoms with Gasteiger partial charge in [0.2, 0.25) is 0 Å². The minimum absolute atomic E-state index is 0.0304. The van der Waals surface area contributed by atoms with Crippen LogP contribution in [0.15, 0.2) is 47.0 Å². The van der Waals surface area contributed by atoms with Gasteiger partial charge in [0.15, 0.2) is 0 Å². The number of carbonyl (C=O) groups is 1. The molecule has 2 saturated heterocycles. The van der Waals surface area contributed by atoms with E-state index in [1.807, 2.05) is 18.2 Å². The number of fused-ring (bicyclic) bond motifs is 1. The quantitative estimate of drug-likeness (QED) is 0.564. The number of hydrogen-bond donors (Lipinski definition) is 0. The highest BCUT2D eigenvalue weighted by molar-refractivity contribution is 5.93. The maximum absolute atomic E-state index is 12.6. The molecule has 5 rings (SSSR count). The van der Waals surface area contributed by atoms with Crippen molar-refractivity contribution in [1.29, 1.82) is 0 Å². The molecule has 6 nitrogen and oxygen atoms in total. The molecule has 3 aromatic rings. The summed E-state index contributed by atoms with van der Waals surface area (Å²) >= 11 is 0. The van der Waals surface area contributed by atoms with Crippen LogP contribution < -0.4 is 0 Å². The lowest BCUT2D eigenvalue weighted by atomic mass is 9.97. The third kappa shape index (κ3) is 4.82. The van der Waals surface area contributed by atoms with Crippen LogP contribution in [0.3, 0.4) is 0 Å². The summed E-state index contributed by atoms with van der Waals surface area (Å²) in [4.78, 5) is 21.5. The predicted molar refractivity (Wildman–Crippen MR) is 129 cm³/mol. The first-order chi connectivity index (χ1) is 16.1. The summed E-state index contributed by atoms with van der Waals surface area (Å²) in [5.74, 6) is 1.01. The summed E-state index contributed by atoms with van der Waals surface area (Å²) in [5, 5.41) is 1.11. The van der Waals surface area contributed by atoms with Gasteiger partial charge < -0.3 is 14.1 Å². The number of aromatic nitrogens is 1. The zero-order valence-electron chi connectivity index (χ0n) is 19.6. The van der Waals surface area contributed by atoms with Gasteiger partial charge in [-0.2, -0.15) is 0 Å². The minimum Gasteiger partial charge on any atom is -0.461 e. The van der Waals surface area contributed by atoms with Crippen molar-refractivity contribution in [3.63, 3.8) is 0 Å².